The quantitative estimate of drug-likeness (QED) is 0.878. The topological polar surface area (TPSA) is 76.7 Å². The molecule has 19 heavy (non-hydrogen) atoms. The van der Waals surface area contributed by atoms with Crippen LogP contribution in [0.4, 0.5) is 0 Å². The Kier molecular flexibility index (Phi) is 4.44. The van der Waals surface area contributed by atoms with Crippen LogP contribution in [0.2, 0.25) is 0 Å². The Morgan fingerprint density at radius 1 is 1.42 bits per heavy atom. The molecule has 2 rings (SSSR count). The molecular weight excluding hydrogens is 260 g/mol. The Balaban J connectivity index is 2.35. The molecule has 0 saturated heterocycles. The summed E-state index contributed by atoms with van der Waals surface area (Å²) in [6, 6.07) is 7.98. The van der Waals surface area contributed by atoms with E-state index < -0.39 is 0 Å². The van der Waals surface area contributed by atoms with Crippen molar-refractivity contribution < 1.29 is 0 Å². The van der Waals surface area contributed by atoms with Gasteiger partial charge in [-0.1, -0.05) is 25.1 Å². The molecule has 2 aromatic rings. The van der Waals surface area contributed by atoms with Crippen molar-refractivity contribution >= 4 is 11.8 Å². The first-order chi connectivity index (χ1) is 9.17. The molecule has 0 bridgehead atoms. The van der Waals surface area contributed by atoms with Gasteiger partial charge < -0.3 is 5.73 Å². The highest BCUT2D eigenvalue weighted by molar-refractivity contribution is 7.99. The summed E-state index contributed by atoms with van der Waals surface area (Å²) in [4.78, 5) is 12.6. The van der Waals surface area contributed by atoms with Crippen LogP contribution in [0.15, 0.2) is 39.1 Å². The first-order valence-corrected chi connectivity index (χ1v) is 7.16. The van der Waals surface area contributed by atoms with E-state index in [0.717, 1.165) is 16.9 Å². The van der Waals surface area contributed by atoms with Gasteiger partial charge in [0, 0.05) is 17.5 Å². The molecule has 1 heterocycles. The first kappa shape index (κ1) is 13.9. The lowest BCUT2D eigenvalue weighted by atomic mass is 10.1. The molecule has 5 nitrogen and oxygen atoms in total. The van der Waals surface area contributed by atoms with Crippen LogP contribution in [0, 0.1) is 0 Å². The Morgan fingerprint density at radius 3 is 2.84 bits per heavy atom. The molecule has 102 valence electrons. The van der Waals surface area contributed by atoms with Crippen LogP contribution in [-0.4, -0.2) is 14.8 Å². The molecule has 3 N–H and O–H groups in total. The summed E-state index contributed by atoms with van der Waals surface area (Å²) in [6.07, 6.45) is 0.874. The number of rotatable bonds is 5. The normalized spacial score (nSPS) is 12.6. The van der Waals surface area contributed by atoms with E-state index in [1.165, 1.54) is 11.8 Å². The second-order valence-electron chi connectivity index (χ2n) is 4.21. The lowest BCUT2D eigenvalue weighted by Gasteiger charge is -2.13. The molecule has 1 unspecified atom stereocenters. The minimum atomic E-state index is -0.178. The van der Waals surface area contributed by atoms with E-state index in [0.29, 0.717) is 11.7 Å². The van der Waals surface area contributed by atoms with Gasteiger partial charge in [0.15, 0.2) is 5.16 Å². The Morgan fingerprint density at radius 2 is 2.16 bits per heavy atom. The molecule has 1 aromatic carbocycles. The molecule has 0 fully saturated rings. The fourth-order valence-corrected chi connectivity index (χ4v) is 2.95. The summed E-state index contributed by atoms with van der Waals surface area (Å²) >= 11 is 1.47. The van der Waals surface area contributed by atoms with E-state index in [4.69, 9.17) is 5.73 Å². The molecule has 1 atom stereocenters. The predicted molar refractivity (Wildman–Crippen MR) is 76.3 cm³/mol. The van der Waals surface area contributed by atoms with E-state index in [2.05, 4.69) is 17.1 Å². The number of hydrogen-bond acceptors (Lipinski definition) is 4. The van der Waals surface area contributed by atoms with Gasteiger partial charge in [0.2, 0.25) is 0 Å². The molecule has 0 spiro atoms. The fourth-order valence-electron chi connectivity index (χ4n) is 1.86. The van der Waals surface area contributed by atoms with Crippen molar-refractivity contribution in [3.8, 4) is 0 Å². The van der Waals surface area contributed by atoms with Gasteiger partial charge in [0.05, 0.1) is 0 Å². The van der Waals surface area contributed by atoms with Crippen molar-refractivity contribution in [3.63, 3.8) is 0 Å². The van der Waals surface area contributed by atoms with Gasteiger partial charge in [-0.15, -0.1) is 5.10 Å². The van der Waals surface area contributed by atoms with E-state index in [1.807, 2.05) is 31.2 Å². The van der Waals surface area contributed by atoms with Crippen LogP contribution in [0.3, 0.4) is 0 Å². The monoisotopic (exact) mass is 278 g/mol. The van der Waals surface area contributed by atoms with Crippen LogP contribution >= 0.6 is 11.8 Å². The number of aromatic amines is 1. The molecule has 0 aliphatic rings. The van der Waals surface area contributed by atoms with Gasteiger partial charge in [0.1, 0.15) is 0 Å². The number of aromatic nitrogens is 3. The molecule has 0 amide bonds. The first-order valence-electron chi connectivity index (χ1n) is 6.34. The number of nitrogens with two attached hydrogens (primary N) is 1. The third kappa shape index (κ3) is 2.90. The molecule has 0 aliphatic heterocycles. The number of nitrogens with zero attached hydrogens (tertiary/aromatic N) is 2. The number of hydrogen-bond donors (Lipinski definition) is 2. The van der Waals surface area contributed by atoms with E-state index in [-0.39, 0.29) is 11.7 Å². The van der Waals surface area contributed by atoms with Crippen molar-refractivity contribution in [2.75, 3.05) is 0 Å². The third-order valence-electron chi connectivity index (χ3n) is 3.00. The number of nitrogens with one attached hydrogen (secondary N) is 1. The van der Waals surface area contributed by atoms with Gasteiger partial charge in [-0.2, -0.15) is 0 Å². The largest absolute Gasteiger partial charge is 0.343 e. The Hall–Kier alpha value is -1.53. The SMILES string of the molecule is CCC(N)c1ccccc1Sc1n[nH]c(=O)n1CC. The lowest BCUT2D eigenvalue weighted by Crippen LogP contribution is -2.16. The maximum absolute atomic E-state index is 11.5. The summed E-state index contributed by atoms with van der Waals surface area (Å²) < 4.78 is 1.61. The van der Waals surface area contributed by atoms with Crippen molar-refractivity contribution in [3.05, 3.63) is 40.3 Å². The summed E-state index contributed by atoms with van der Waals surface area (Å²) in [6.45, 7) is 4.58. The molecule has 0 aliphatic carbocycles. The fraction of sp³-hybridized carbons (Fsp3) is 0.385. The van der Waals surface area contributed by atoms with Gasteiger partial charge in [-0.05, 0) is 36.7 Å². The maximum atomic E-state index is 11.5. The second kappa shape index (κ2) is 6.08. The van der Waals surface area contributed by atoms with Gasteiger partial charge in [-0.25, -0.2) is 9.89 Å². The lowest BCUT2D eigenvalue weighted by molar-refractivity contribution is 0.658. The highest BCUT2D eigenvalue weighted by atomic mass is 32.2. The zero-order valence-corrected chi connectivity index (χ0v) is 11.9. The van der Waals surface area contributed by atoms with Crippen molar-refractivity contribution in [2.24, 2.45) is 5.73 Å². The van der Waals surface area contributed by atoms with Crippen LogP contribution in [0.1, 0.15) is 31.9 Å². The minimum absolute atomic E-state index is 0.00411. The zero-order chi connectivity index (χ0) is 13.8. The average molecular weight is 278 g/mol. The van der Waals surface area contributed by atoms with Crippen LogP contribution in [0.25, 0.3) is 0 Å². The van der Waals surface area contributed by atoms with Crippen LogP contribution in [0.5, 0.6) is 0 Å². The summed E-state index contributed by atoms with van der Waals surface area (Å²) in [5, 5.41) is 7.20. The zero-order valence-electron chi connectivity index (χ0n) is 11.1. The summed E-state index contributed by atoms with van der Waals surface area (Å²) in [5.74, 6) is 0. The standard InChI is InChI=1S/C13H18N4OS/c1-3-10(14)9-7-5-6-8-11(9)19-13-16-15-12(18)17(13)4-2/h5-8,10H,3-4,14H2,1-2H3,(H,15,18). The summed E-state index contributed by atoms with van der Waals surface area (Å²) in [5.41, 5.74) is 7.03. The number of benzene rings is 1. The predicted octanol–water partition coefficient (Wildman–Crippen LogP) is 2.15. The minimum Gasteiger partial charge on any atom is -0.324 e. The van der Waals surface area contributed by atoms with Crippen molar-refractivity contribution in [2.45, 2.75) is 42.9 Å². The molecular formula is C13H18N4OS. The van der Waals surface area contributed by atoms with Crippen molar-refractivity contribution in [1.29, 1.82) is 0 Å². The molecule has 1 aromatic heterocycles. The van der Waals surface area contributed by atoms with E-state index in [9.17, 15) is 4.79 Å². The molecule has 6 heteroatoms. The van der Waals surface area contributed by atoms with Crippen molar-refractivity contribution in [1.82, 2.24) is 14.8 Å². The highest BCUT2D eigenvalue weighted by Crippen LogP contribution is 2.31. The van der Waals surface area contributed by atoms with Gasteiger partial charge in [0.25, 0.3) is 0 Å². The highest BCUT2D eigenvalue weighted by Gasteiger charge is 2.13. The van der Waals surface area contributed by atoms with E-state index >= 15 is 0 Å². The van der Waals surface area contributed by atoms with Gasteiger partial charge >= 0.3 is 5.69 Å². The van der Waals surface area contributed by atoms with Crippen LogP contribution < -0.4 is 11.4 Å². The van der Waals surface area contributed by atoms with E-state index in [1.54, 1.807) is 4.57 Å². The third-order valence-corrected chi connectivity index (χ3v) is 4.08. The average Bonchev–Trinajstić information content (AvgIpc) is 2.79. The second-order valence-corrected chi connectivity index (χ2v) is 5.22. The smallest absolute Gasteiger partial charge is 0.324 e. The Bertz CT molecular complexity index is 605. The molecule has 0 radical (unpaired) electrons. The van der Waals surface area contributed by atoms with Crippen LogP contribution in [-0.2, 0) is 6.54 Å². The number of H-pyrrole nitrogens is 1. The maximum Gasteiger partial charge on any atom is 0.343 e. The Labute approximate surface area is 116 Å². The van der Waals surface area contributed by atoms with Gasteiger partial charge in [-0.3, -0.25) is 4.57 Å². The summed E-state index contributed by atoms with van der Waals surface area (Å²) in [7, 11) is 0. The molecule has 0 saturated carbocycles.